The summed E-state index contributed by atoms with van der Waals surface area (Å²) in [4.78, 5) is 12.0. The molecule has 1 N–H and O–H groups in total. The molecular weight excluding hydrogens is 268 g/mol. The number of nitrogens with zero attached hydrogens (tertiary/aromatic N) is 3. The molecule has 0 radical (unpaired) electrons. The van der Waals surface area contributed by atoms with E-state index in [1.165, 1.54) is 6.20 Å². The van der Waals surface area contributed by atoms with Crippen molar-refractivity contribution in [2.24, 2.45) is 0 Å². The first-order valence-corrected chi connectivity index (χ1v) is 6.62. The van der Waals surface area contributed by atoms with E-state index in [9.17, 15) is 4.79 Å². The van der Waals surface area contributed by atoms with Crippen LogP contribution in [0.25, 0.3) is 11.3 Å². The van der Waals surface area contributed by atoms with Crippen LogP contribution < -0.4 is 5.32 Å². The number of aryl methyl sites for hydroxylation is 1. The van der Waals surface area contributed by atoms with E-state index < -0.39 is 0 Å². The van der Waals surface area contributed by atoms with Gasteiger partial charge in [-0.15, -0.1) is 0 Å². The molecule has 2 heterocycles. The molecule has 3 rings (SSSR count). The summed E-state index contributed by atoms with van der Waals surface area (Å²) < 4.78 is 6.92. The van der Waals surface area contributed by atoms with Crippen molar-refractivity contribution in [2.45, 2.75) is 13.5 Å². The van der Waals surface area contributed by atoms with E-state index in [4.69, 9.17) is 4.52 Å². The summed E-state index contributed by atoms with van der Waals surface area (Å²) in [5, 5.41) is 10.6. The van der Waals surface area contributed by atoms with Gasteiger partial charge >= 0.3 is 0 Å². The highest BCUT2D eigenvalue weighted by Gasteiger charge is 2.12. The number of amides is 1. The molecule has 0 fully saturated rings. The number of aromatic nitrogens is 3. The number of hydrogen-bond acceptors (Lipinski definition) is 4. The van der Waals surface area contributed by atoms with Crippen LogP contribution in [0.3, 0.4) is 0 Å². The molecule has 21 heavy (non-hydrogen) atoms. The van der Waals surface area contributed by atoms with Crippen LogP contribution in [0.2, 0.25) is 0 Å². The highest BCUT2D eigenvalue weighted by atomic mass is 16.5. The summed E-state index contributed by atoms with van der Waals surface area (Å²) in [7, 11) is 0. The molecule has 1 aromatic carbocycles. The summed E-state index contributed by atoms with van der Waals surface area (Å²) in [6, 6.07) is 11.3. The second-order valence-corrected chi connectivity index (χ2v) is 4.48. The number of anilines is 1. The van der Waals surface area contributed by atoms with E-state index in [0.29, 0.717) is 17.1 Å². The lowest BCUT2D eigenvalue weighted by Gasteiger charge is -1.96. The van der Waals surface area contributed by atoms with Crippen molar-refractivity contribution in [3.8, 4) is 11.3 Å². The molecule has 3 aromatic rings. The van der Waals surface area contributed by atoms with Crippen molar-refractivity contribution < 1.29 is 9.32 Å². The highest BCUT2D eigenvalue weighted by molar-refractivity contribution is 6.03. The predicted octanol–water partition coefficient (Wildman–Crippen LogP) is 2.81. The molecule has 6 nitrogen and oxygen atoms in total. The molecule has 0 bridgehead atoms. The van der Waals surface area contributed by atoms with Gasteiger partial charge in [0.05, 0.1) is 11.8 Å². The van der Waals surface area contributed by atoms with Gasteiger partial charge in [0.15, 0.2) is 11.6 Å². The van der Waals surface area contributed by atoms with Gasteiger partial charge in [0.2, 0.25) is 0 Å². The Morgan fingerprint density at radius 1 is 1.33 bits per heavy atom. The normalized spacial score (nSPS) is 10.5. The van der Waals surface area contributed by atoms with Gasteiger partial charge in [-0.1, -0.05) is 35.5 Å². The Hall–Kier alpha value is -2.89. The fourth-order valence-electron chi connectivity index (χ4n) is 1.91. The minimum Gasteiger partial charge on any atom is -0.354 e. The van der Waals surface area contributed by atoms with Crippen LogP contribution in [0, 0.1) is 0 Å². The third-order valence-corrected chi connectivity index (χ3v) is 3.03. The van der Waals surface area contributed by atoms with Crippen molar-refractivity contribution in [2.75, 3.05) is 5.32 Å². The number of nitrogens with one attached hydrogen (secondary N) is 1. The first-order chi connectivity index (χ1) is 10.3. The molecule has 0 aliphatic rings. The maximum Gasteiger partial charge on any atom is 0.260 e. The Bertz CT molecular complexity index is 746. The van der Waals surface area contributed by atoms with Crippen molar-refractivity contribution in [1.82, 2.24) is 14.9 Å². The minimum absolute atomic E-state index is 0.261. The molecule has 106 valence electrons. The van der Waals surface area contributed by atoms with Crippen molar-refractivity contribution in [3.63, 3.8) is 0 Å². The lowest BCUT2D eigenvalue weighted by Crippen LogP contribution is -2.11. The molecule has 0 aliphatic heterocycles. The Balaban J connectivity index is 1.74. The third-order valence-electron chi connectivity index (χ3n) is 3.03. The topological polar surface area (TPSA) is 73.0 Å². The first kappa shape index (κ1) is 13.1. The van der Waals surface area contributed by atoms with Gasteiger partial charge < -0.3 is 9.84 Å². The number of rotatable bonds is 4. The second-order valence-electron chi connectivity index (χ2n) is 4.48. The molecule has 0 unspecified atom stereocenters. The summed E-state index contributed by atoms with van der Waals surface area (Å²) in [6.07, 6.45) is 3.21. The van der Waals surface area contributed by atoms with Crippen LogP contribution in [-0.2, 0) is 6.54 Å². The van der Waals surface area contributed by atoms with Crippen LogP contribution in [0.4, 0.5) is 5.82 Å². The molecule has 0 aliphatic carbocycles. The third kappa shape index (κ3) is 2.84. The maximum atomic E-state index is 12.0. The molecule has 2 aromatic heterocycles. The fraction of sp³-hybridized carbons (Fsp3) is 0.133. The Labute approximate surface area is 121 Å². The number of hydrogen-bond donors (Lipinski definition) is 1. The van der Waals surface area contributed by atoms with Gasteiger partial charge in [-0.2, -0.15) is 5.10 Å². The van der Waals surface area contributed by atoms with Crippen molar-refractivity contribution in [1.29, 1.82) is 0 Å². The minimum atomic E-state index is -0.261. The van der Waals surface area contributed by atoms with E-state index in [-0.39, 0.29) is 5.91 Å². The molecule has 0 atom stereocenters. The van der Waals surface area contributed by atoms with E-state index in [0.717, 1.165) is 12.1 Å². The molecule has 6 heteroatoms. The first-order valence-electron chi connectivity index (χ1n) is 6.62. The van der Waals surface area contributed by atoms with Gasteiger partial charge in [0.25, 0.3) is 5.91 Å². The highest BCUT2D eigenvalue weighted by Crippen LogP contribution is 2.22. The van der Waals surface area contributed by atoms with E-state index >= 15 is 0 Å². The van der Waals surface area contributed by atoms with Crippen LogP contribution >= 0.6 is 0 Å². The Morgan fingerprint density at radius 2 is 2.14 bits per heavy atom. The molecule has 0 spiro atoms. The SMILES string of the molecule is CCn1cc(C(=O)Nc2cc(-c3ccccc3)on2)cn1. The quantitative estimate of drug-likeness (QED) is 0.798. The lowest BCUT2D eigenvalue weighted by molar-refractivity contribution is 0.102. The second kappa shape index (κ2) is 5.62. The molecule has 0 saturated heterocycles. The zero-order valence-electron chi connectivity index (χ0n) is 11.5. The average molecular weight is 282 g/mol. The van der Waals surface area contributed by atoms with E-state index in [2.05, 4.69) is 15.6 Å². The summed E-state index contributed by atoms with van der Waals surface area (Å²) >= 11 is 0. The van der Waals surface area contributed by atoms with Gasteiger partial charge in [-0.3, -0.25) is 9.48 Å². The number of benzene rings is 1. The zero-order chi connectivity index (χ0) is 14.7. The zero-order valence-corrected chi connectivity index (χ0v) is 11.5. The number of carbonyl (C=O) groups excluding carboxylic acids is 1. The summed E-state index contributed by atoms with van der Waals surface area (Å²) in [5.74, 6) is 0.723. The lowest BCUT2D eigenvalue weighted by atomic mass is 10.2. The average Bonchev–Trinajstić information content (AvgIpc) is 3.17. The molecule has 1 amide bonds. The smallest absolute Gasteiger partial charge is 0.260 e. The van der Waals surface area contributed by atoms with Crippen molar-refractivity contribution in [3.05, 3.63) is 54.4 Å². The van der Waals surface area contributed by atoms with Crippen LogP contribution in [-0.4, -0.2) is 20.8 Å². The standard InChI is InChI=1S/C15H14N4O2/c1-2-19-10-12(9-16-19)15(20)17-14-8-13(21-18-14)11-6-4-3-5-7-11/h3-10H,2H2,1H3,(H,17,18,20). The summed E-state index contributed by atoms with van der Waals surface area (Å²) in [5.41, 5.74) is 1.39. The Morgan fingerprint density at radius 3 is 2.86 bits per heavy atom. The van der Waals surface area contributed by atoms with E-state index in [1.54, 1.807) is 16.9 Å². The van der Waals surface area contributed by atoms with Gasteiger partial charge in [-0.25, -0.2) is 0 Å². The van der Waals surface area contributed by atoms with Gasteiger partial charge in [-0.05, 0) is 6.92 Å². The molecular formula is C15H14N4O2. The fourth-order valence-corrected chi connectivity index (χ4v) is 1.91. The van der Waals surface area contributed by atoms with Crippen molar-refractivity contribution >= 4 is 11.7 Å². The molecule has 0 saturated carbocycles. The van der Waals surface area contributed by atoms with Crippen LogP contribution in [0.1, 0.15) is 17.3 Å². The van der Waals surface area contributed by atoms with Crippen LogP contribution in [0.15, 0.2) is 53.3 Å². The predicted molar refractivity (Wildman–Crippen MR) is 77.8 cm³/mol. The Kier molecular flexibility index (Phi) is 3.51. The van der Waals surface area contributed by atoms with Gasteiger partial charge in [0.1, 0.15) is 0 Å². The monoisotopic (exact) mass is 282 g/mol. The van der Waals surface area contributed by atoms with E-state index in [1.807, 2.05) is 37.3 Å². The van der Waals surface area contributed by atoms with Gasteiger partial charge in [0, 0.05) is 24.4 Å². The maximum absolute atomic E-state index is 12.0. The summed E-state index contributed by atoms with van der Waals surface area (Å²) in [6.45, 7) is 2.67. The largest absolute Gasteiger partial charge is 0.354 e. The van der Waals surface area contributed by atoms with Crippen LogP contribution in [0.5, 0.6) is 0 Å². The number of carbonyl (C=O) groups is 1.